The highest BCUT2D eigenvalue weighted by Gasteiger charge is 2.32. The molecule has 1 amide bonds. The summed E-state index contributed by atoms with van der Waals surface area (Å²) in [6, 6.07) is 15.1. The van der Waals surface area contributed by atoms with Crippen molar-refractivity contribution in [2.45, 2.75) is 32.1 Å². The Morgan fingerprint density at radius 2 is 1.77 bits per heavy atom. The van der Waals surface area contributed by atoms with Gasteiger partial charge in [0.1, 0.15) is 5.69 Å². The standard InChI is InChI=1S/C29H33N5O5/c1-4-39-29(36)20-12-15-34(16-13-20)27-26(32-22-7-5-6-8-23(22)33-27)21(18-30)28(35)31-14-11-19-9-10-24(37-2)25(17-19)38-3/h5-10,17,20-21H,4,11-16H2,1-3H3,(H,31,35)/t21-/m0/s1. The number of rotatable bonds is 10. The molecule has 0 saturated carbocycles. The van der Waals surface area contributed by atoms with Crippen LogP contribution in [0.5, 0.6) is 11.5 Å². The van der Waals surface area contributed by atoms with Crippen LogP contribution in [-0.4, -0.2) is 62.3 Å². The lowest BCUT2D eigenvalue weighted by atomic mass is 9.96. The van der Waals surface area contributed by atoms with Gasteiger partial charge in [-0.25, -0.2) is 9.97 Å². The van der Waals surface area contributed by atoms with E-state index >= 15 is 0 Å². The van der Waals surface area contributed by atoms with Crippen molar-refractivity contribution in [2.75, 3.05) is 45.4 Å². The Kier molecular flexibility index (Phi) is 9.15. The number of methoxy groups -OCH3 is 2. The second-order valence-corrected chi connectivity index (χ2v) is 9.23. The summed E-state index contributed by atoms with van der Waals surface area (Å²) < 4.78 is 15.8. The Bertz CT molecular complexity index is 1360. The Hall–Kier alpha value is -4.39. The van der Waals surface area contributed by atoms with E-state index in [1.165, 1.54) is 0 Å². The maximum absolute atomic E-state index is 13.2. The number of hydrogen-bond acceptors (Lipinski definition) is 9. The predicted molar refractivity (Wildman–Crippen MR) is 146 cm³/mol. The number of ether oxygens (including phenoxy) is 3. The molecule has 0 unspecified atom stereocenters. The highest BCUT2D eigenvalue weighted by molar-refractivity contribution is 5.89. The Balaban J connectivity index is 1.52. The largest absolute Gasteiger partial charge is 0.493 e. The van der Waals surface area contributed by atoms with Gasteiger partial charge in [-0.2, -0.15) is 5.26 Å². The third kappa shape index (κ3) is 6.37. The average molecular weight is 532 g/mol. The molecule has 1 saturated heterocycles. The van der Waals surface area contributed by atoms with E-state index in [0.29, 0.717) is 79.5 Å². The quantitative estimate of drug-likeness (QED) is 0.392. The third-order valence-corrected chi connectivity index (χ3v) is 6.82. The topological polar surface area (TPSA) is 127 Å². The molecule has 39 heavy (non-hydrogen) atoms. The van der Waals surface area contributed by atoms with Gasteiger partial charge in [0.15, 0.2) is 23.2 Å². The maximum Gasteiger partial charge on any atom is 0.309 e. The van der Waals surface area contributed by atoms with Gasteiger partial charge in [0.2, 0.25) is 5.91 Å². The molecule has 0 bridgehead atoms. The number of amides is 1. The number of nitrogens with zero attached hydrogens (tertiary/aromatic N) is 4. The van der Waals surface area contributed by atoms with Crippen molar-refractivity contribution >= 4 is 28.7 Å². The molecule has 2 heterocycles. The fourth-order valence-corrected chi connectivity index (χ4v) is 4.73. The number of benzene rings is 2. The number of hydrogen-bond donors (Lipinski definition) is 1. The fraction of sp³-hybridized carbons (Fsp3) is 0.414. The van der Waals surface area contributed by atoms with Gasteiger partial charge in [0.05, 0.1) is 43.8 Å². The molecular formula is C29H33N5O5. The van der Waals surface area contributed by atoms with Gasteiger partial charge < -0.3 is 24.4 Å². The number of piperidine rings is 1. The monoisotopic (exact) mass is 531 g/mol. The molecule has 10 nitrogen and oxygen atoms in total. The van der Waals surface area contributed by atoms with Crippen LogP contribution in [0.2, 0.25) is 0 Å². The molecule has 0 spiro atoms. The molecule has 1 N–H and O–H groups in total. The molecule has 0 radical (unpaired) electrons. The molecule has 4 rings (SSSR count). The van der Waals surface area contributed by atoms with E-state index in [-0.39, 0.29) is 11.9 Å². The lowest BCUT2D eigenvalue weighted by molar-refractivity contribution is -0.148. The summed E-state index contributed by atoms with van der Waals surface area (Å²) >= 11 is 0. The van der Waals surface area contributed by atoms with Gasteiger partial charge in [-0.05, 0) is 56.0 Å². The first-order valence-electron chi connectivity index (χ1n) is 13.1. The van der Waals surface area contributed by atoms with Crippen LogP contribution in [0.4, 0.5) is 5.82 Å². The van der Waals surface area contributed by atoms with Crippen LogP contribution in [0.1, 0.15) is 36.9 Å². The van der Waals surface area contributed by atoms with Crippen molar-refractivity contribution in [1.29, 1.82) is 5.26 Å². The highest BCUT2D eigenvalue weighted by Crippen LogP contribution is 2.31. The second kappa shape index (κ2) is 12.9. The molecule has 1 aliphatic rings. The zero-order chi connectivity index (χ0) is 27.8. The summed E-state index contributed by atoms with van der Waals surface area (Å²) in [5, 5.41) is 13.0. The molecule has 1 fully saturated rings. The van der Waals surface area contributed by atoms with Gasteiger partial charge >= 0.3 is 5.97 Å². The van der Waals surface area contributed by atoms with E-state index < -0.39 is 11.8 Å². The molecule has 2 aromatic carbocycles. The van der Waals surface area contributed by atoms with Gasteiger partial charge in [-0.1, -0.05) is 18.2 Å². The summed E-state index contributed by atoms with van der Waals surface area (Å²) in [5.74, 6) is -0.217. The normalized spacial score (nSPS) is 14.4. The van der Waals surface area contributed by atoms with Crippen LogP contribution in [0.25, 0.3) is 11.0 Å². The SMILES string of the molecule is CCOC(=O)C1CCN(c2nc3ccccc3nc2[C@H](C#N)C(=O)NCCc2ccc(OC)c(OC)c2)CC1. The number of anilines is 1. The lowest BCUT2D eigenvalue weighted by Gasteiger charge is -2.33. The molecule has 0 aliphatic carbocycles. The summed E-state index contributed by atoms with van der Waals surface area (Å²) in [4.78, 5) is 37.0. The molecule has 1 aromatic heterocycles. The molecule has 1 atom stereocenters. The zero-order valence-electron chi connectivity index (χ0n) is 22.5. The summed E-state index contributed by atoms with van der Waals surface area (Å²) in [6.07, 6.45) is 1.74. The third-order valence-electron chi connectivity index (χ3n) is 6.82. The minimum atomic E-state index is -1.15. The summed E-state index contributed by atoms with van der Waals surface area (Å²) in [6.45, 7) is 3.56. The van der Waals surface area contributed by atoms with Crippen LogP contribution >= 0.6 is 0 Å². The van der Waals surface area contributed by atoms with E-state index in [1.54, 1.807) is 21.1 Å². The van der Waals surface area contributed by atoms with E-state index in [1.807, 2.05) is 47.4 Å². The van der Waals surface area contributed by atoms with Crippen molar-refractivity contribution in [3.8, 4) is 17.6 Å². The first kappa shape index (κ1) is 27.6. The van der Waals surface area contributed by atoms with Crippen LogP contribution in [0.3, 0.4) is 0 Å². The zero-order valence-corrected chi connectivity index (χ0v) is 22.5. The highest BCUT2D eigenvalue weighted by atomic mass is 16.5. The van der Waals surface area contributed by atoms with Crippen LogP contribution in [0, 0.1) is 17.2 Å². The van der Waals surface area contributed by atoms with E-state index in [9.17, 15) is 14.9 Å². The Morgan fingerprint density at radius 3 is 2.41 bits per heavy atom. The van der Waals surface area contributed by atoms with Gasteiger partial charge in [0, 0.05) is 19.6 Å². The number of fused-ring (bicyclic) bond motifs is 1. The minimum Gasteiger partial charge on any atom is -0.493 e. The number of para-hydroxylation sites is 2. The number of nitriles is 1. The number of carbonyl (C=O) groups is 2. The fourth-order valence-electron chi connectivity index (χ4n) is 4.73. The first-order chi connectivity index (χ1) is 19.0. The van der Waals surface area contributed by atoms with Gasteiger partial charge in [0.25, 0.3) is 0 Å². The lowest BCUT2D eigenvalue weighted by Crippen LogP contribution is -2.39. The number of aromatic nitrogens is 2. The van der Waals surface area contributed by atoms with Gasteiger partial charge in [-0.3, -0.25) is 9.59 Å². The smallest absolute Gasteiger partial charge is 0.309 e. The predicted octanol–water partition coefficient (Wildman–Crippen LogP) is 3.39. The van der Waals surface area contributed by atoms with Crippen molar-refractivity contribution in [3.63, 3.8) is 0 Å². The molecule has 10 heteroatoms. The number of nitrogens with one attached hydrogen (secondary N) is 1. The van der Waals surface area contributed by atoms with E-state index in [0.717, 1.165) is 5.56 Å². The van der Waals surface area contributed by atoms with Crippen LogP contribution < -0.4 is 19.7 Å². The first-order valence-corrected chi connectivity index (χ1v) is 13.1. The average Bonchev–Trinajstić information content (AvgIpc) is 2.97. The van der Waals surface area contributed by atoms with Crippen molar-refractivity contribution in [1.82, 2.24) is 15.3 Å². The van der Waals surface area contributed by atoms with E-state index in [4.69, 9.17) is 24.2 Å². The van der Waals surface area contributed by atoms with Crippen molar-refractivity contribution < 1.29 is 23.8 Å². The van der Waals surface area contributed by atoms with Crippen LogP contribution in [-0.2, 0) is 20.7 Å². The molecule has 3 aromatic rings. The van der Waals surface area contributed by atoms with E-state index in [2.05, 4.69) is 11.4 Å². The Labute approximate surface area is 227 Å². The summed E-state index contributed by atoms with van der Waals surface area (Å²) in [7, 11) is 3.15. The molecule has 1 aliphatic heterocycles. The van der Waals surface area contributed by atoms with Crippen molar-refractivity contribution in [2.24, 2.45) is 5.92 Å². The number of esters is 1. The Morgan fingerprint density at radius 1 is 1.08 bits per heavy atom. The second-order valence-electron chi connectivity index (χ2n) is 9.23. The van der Waals surface area contributed by atoms with Crippen molar-refractivity contribution in [3.05, 3.63) is 53.7 Å². The number of carbonyl (C=O) groups excluding carboxylic acids is 2. The summed E-state index contributed by atoms with van der Waals surface area (Å²) in [5.41, 5.74) is 2.55. The maximum atomic E-state index is 13.2. The molecular weight excluding hydrogens is 498 g/mol. The molecule has 204 valence electrons. The minimum absolute atomic E-state index is 0.176. The van der Waals surface area contributed by atoms with Crippen LogP contribution in [0.15, 0.2) is 42.5 Å². The van der Waals surface area contributed by atoms with Gasteiger partial charge in [-0.15, -0.1) is 0 Å².